The highest BCUT2D eigenvalue weighted by Crippen LogP contribution is 2.32. The Morgan fingerprint density at radius 3 is 2.89 bits per heavy atom. The van der Waals surface area contributed by atoms with Crippen molar-refractivity contribution in [2.45, 2.75) is 31.5 Å². The van der Waals surface area contributed by atoms with Crippen molar-refractivity contribution in [2.24, 2.45) is 0 Å². The molecule has 0 bridgehead atoms. The summed E-state index contributed by atoms with van der Waals surface area (Å²) in [6, 6.07) is 4.64. The first kappa shape index (κ1) is 13.2. The fourth-order valence-electron chi connectivity index (χ4n) is 2.13. The molecule has 2 rings (SSSR count). The van der Waals surface area contributed by atoms with Crippen LogP contribution in [0.25, 0.3) is 0 Å². The Labute approximate surface area is 103 Å². The van der Waals surface area contributed by atoms with Crippen molar-refractivity contribution >= 4 is 0 Å². The summed E-state index contributed by atoms with van der Waals surface area (Å²) in [7, 11) is 0. The zero-order valence-electron chi connectivity index (χ0n) is 9.63. The zero-order chi connectivity index (χ0) is 13.2. The Morgan fingerprint density at radius 2 is 2.17 bits per heavy atom. The van der Waals surface area contributed by atoms with E-state index in [1.54, 1.807) is 18.2 Å². The summed E-state index contributed by atoms with van der Waals surface area (Å²) in [5, 5.41) is 9.41. The lowest BCUT2D eigenvalue weighted by Crippen LogP contribution is -2.30. The SMILES string of the molecule is Oc1ccc2c(c1)C(NOCC(F)(F)F)CCC2. The van der Waals surface area contributed by atoms with E-state index in [-0.39, 0.29) is 11.8 Å². The molecule has 0 aliphatic heterocycles. The van der Waals surface area contributed by atoms with E-state index in [1.807, 2.05) is 0 Å². The molecule has 0 saturated heterocycles. The number of hydrogen-bond acceptors (Lipinski definition) is 3. The van der Waals surface area contributed by atoms with Gasteiger partial charge in [-0.2, -0.15) is 18.7 Å². The largest absolute Gasteiger partial charge is 0.508 e. The summed E-state index contributed by atoms with van der Waals surface area (Å²) >= 11 is 0. The van der Waals surface area contributed by atoms with Gasteiger partial charge in [0.1, 0.15) is 5.75 Å². The first-order valence-electron chi connectivity index (χ1n) is 5.71. The third-order valence-corrected chi connectivity index (χ3v) is 2.91. The van der Waals surface area contributed by atoms with Crippen LogP contribution in [0, 0.1) is 0 Å². The van der Waals surface area contributed by atoms with Crippen LogP contribution in [0.15, 0.2) is 18.2 Å². The lowest BCUT2D eigenvalue weighted by molar-refractivity contribution is -0.193. The van der Waals surface area contributed by atoms with Crippen molar-refractivity contribution in [3.05, 3.63) is 29.3 Å². The molecule has 1 aromatic rings. The number of phenolic OH excluding ortho intramolecular Hbond substituents is 1. The van der Waals surface area contributed by atoms with Crippen LogP contribution in [0.2, 0.25) is 0 Å². The summed E-state index contributed by atoms with van der Waals surface area (Å²) in [4.78, 5) is 4.48. The lowest BCUT2D eigenvalue weighted by atomic mass is 9.88. The van der Waals surface area contributed by atoms with Gasteiger partial charge in [-0.3, -0.25) is 4.84 Å². The van der Waals surface area contributed by atoms with Crippen LogP contribution in [0.1, 0.15) is 30.0 Å². The molecule has 2 N–H and O–H groups in total. The Bertz CT molecular complexity index is 420. The van der Waals surface area contributed by atoms with Gasteiger partial charge in [0.05, 0.1) is 6.04 Å². The van der Waals surface area contributed by atoms with E-state index in [1.165, 1.54) is 0 Å². The van der Waals surface area contributed by atoms with Crippen LogP contribution >= 0.6 is 0 Å². The van der Waals surface area contributed by atoms with Crippen LogP contribution in [0.4, 0.5) is 13.2 Å². The van der Waals surface area contributed by atoms with E-state index in [0.29, 0.717) is 6.42 Å². The molecule has 6 heteroatoms. The number of hydrogen-bond donors (Lipinski definition) is 2. The van der Waals surface area contributed by atoms with Gasteiger partial charge in [0.15, 0.2) is 6.61 Å². The molecule has 0 fully saturated rings. The topological polar surface area (TPSA) is 41.5 Å². The number of rotatable bonds is 3. The van der Waals surface area contributed by atoms with Gasteiger partial charge in [-0.15, -0.1) is 0 Å². The third-order valence-electron chi connectivity index (χ3n) is 2.91. The minimum Gasteiger partial charge on any atom is -0.508 e. The normalized spacial score (nSPS) is 19.6. The van der Waals surface area contributed by atoms with Crippen LogP contribution in [-0.2, 0) is 11.3 Å². The Kier molecular flexibility index (Phi) is 3.77. The molecular weight excluding hydrogens is 247 g/mol. The highest BCUT2D eigenvalue weighted by Gasteiger charge is 2.29. The molecule has 1 unspecified atom stereocenters. The average Bonchev–Trinajstić information content (AvgIpc) is 2.28. The molecular formula is C12H14F3NO2. The van der Waals surface area contributed by atoms with Crippen molar-refractivity contribution in [1.29, 1.82) is 0 Å². The van der Waals surface area contributed by atoms with Gasteiger partial charge in [0.2, 0.25) is 0 Å². The molecule has 0 saturated carbocycles. The number of phenols is 1. The predicted molar refractivity (Wildman–Crippen MR) is 58.9 cm³/mol. The molecule has 0 radical (unpaired) electrons. The Hall–Kier alpha value is -1.27. The molecule has 1 atom stereocenters. The lowest BCUT2D eigenvalue weighted by Gasteiger charge is -2.26. The summed E-state index contributed by atoms with van der Waals surface area (Å²) < 4.78 is 35.9. The minimum absolute atomic E-state index is 0.110. The number of alkyl halides is 3. The quantitative estimate of drug-likeness (QED) is 0.822. The van der Waals surface area contributed by atoms with Gasteiger partial charge in [0.25, 0.3) is 0 Å². The first-order chi connectivity index (χ1) is 8.46. The standard InChI is InChI=1S/C12H14F3NO2/c13-12(14,15)7-18-16-11-3-1-2-8-4-5-9(17)6-10(8)11/h4-6,11,16-17H,1-3,7H2. The van der Waals surface area contributed by atoms with Crippen molar-refractivity contribution in [3.8, 4) is 5.75 Å². The van der Waals surface area contributed by atoms with E-state index in [4.69, 9.17) is 0 Å². The molecule has 1 aliphatic carbocycles. The number of hydroxylamine groups is 1. The number of aryl methyl sites for hydroxylation is 1. The molecule has 1 aromatic carbocycles. The smallest absolute Gasteiger partial charge is 0.413 e. The van der Waals surface area contributed by atoms with Gasteiger partial charge in [-0.25, -0.2) is 0 Å². The molecule has 100 valence electrons. The minimum atomic E-state index is -4.34. The maximum absolute atomic E-state index is 12.0. The molecule has 0 amide bonds. The molecule has 3 nitrogen and oxygen atoms in total. The fraction of sp³-hybridized carbons (Fsp3) is 0.500. The van der Waals surface area contributed by atoms with E-state index >= 15 is 0 Å². The number of benzene rings is 1. The number of fused-ring (bicyclic) bond motifs is 1. The van der Waals surface area contributed by atoms with E-state index in [2.05, 4.69) is 10.3 Å². The number of aromatic hydroxyl groups is 1. The number of nitrogens with one attached hydrogen (secondary N) is 1. The summed E-state index contributed by atoms with van der Waals surface area (Å²) in [6.07, 6.45) is -1.91. The van der Waals surface area contributed by atoms with Gasteiger partial charge in [-0.05, 0) is 42.5 Å². The van der Waals surface area contributed by atoms with E-state index < -0.39 is 12.8 Å². The average molecular weight is 261 g/mol. The predicted octanol–water partition coefficient (Wildman–Crippen LogP) is 2.85. The first-order valence-corrected chi connectivity index (χ1v) is 5.71. The number of halogens is 3. The highest BCUT2D eigenvalue weighted by atomic mass is 19.4. The van der Waals surface area contributed by atoms with Crippen LogP contribution in [0.3, 0.4) is 0 Å². The fourth-order valence-corrected chi connectivity index (χ4v) is 2.13. The second kappa shape index (κ2) is 5.16. The van der Waals surface area contributed by atoms with Gasteiger partial charge >= 0.3 is 6.18 Å². The maximum atomic E-state index is 12.0. The van der Waals surface area contributed by atoms with Gasteiger partial charge in [-0.1, -0.05) is 6.07 Å². The van der Waals surface area contributed by atoms with Gasteiger partial charge < -0.3 is 5.11 Å². The monoisotopic (exact) mass is 261 g/mol. The Morgan fingerprint density at radius 1 is 1.39 bits per heavy atom. The second-order valence-electron chi connectivity index (χ2n) is 4.35. The van der Waals surface area contributed by atoms with E-state index in [0.717, 1.165) is 24.0 Å². The van der Waals surface area contributed by atoms with Crippen molar-refractivity contribution in [3.63, 3.8) is 0 Å². The molecule has 0 heterocycles. The van der Waals surface area contributed by atoms with Crippen molar-refractivity contribution in [1.82, 2.24) is 5.48 Å². The van der Waals surface area contributed by atoms with Crippen LogP contribution in [0.5, 0.6) is 5.75 Å². The Balaban J connectivity index is 2.01. The van der Waals surface area contributed by atoms with Crippen LogP contribution < -0.4 is 5.48 Å². The second-order valence-corrected chi connectivity index (χ2v) is 4.35. The van der Waals surface area contributed by atoms with Crippen LogP contribution in [-0.4, -0.2) is 17.9 Å². The summed E-state index contributed by atoms with van der Waals surface area (Å²) in [5.74, 6) is 0.110. The highest BCUT2D eigenvalue weighted by molar-refractivity contribution is 5.38. The molecule has 0 spiro atoms. The maximum Gasteiger partial charge on any atom is 0.413 e. The third kappa shape index (κ3) is 3.36. The van der Waals surface area contributed by atoms with Crippen molar-refractivity contribution < 1.29 is 23.1 Å². The molecule has 18 heavy (non-hydrogen) atoms. The summed E-state index contributed by atoms with van der Waals surface area (Å²) in [6.45, 7) is -1.32. The summed E-state index contributed by atoms with van der Waals surface area (Å²) in [5.41, 5.74) is 4.27. The van der Waals surface area contributed by atoms with Gasteiger partial charge in [0, 0.05) is 0 Å². The molecule has 1 aliphatic rings. The molecule has 0 aromatic heterocycles. The van der Waals surface area contributed by atoms with Crippen molar-refractivity contribution in [2.75, 3.05) is 6.61 Å². The zero-order valence-corrected chi connectivity index (χ0v) is 9.63. The van der Waals surface area contributed by atoms with E-state index in [9.17, 15) is 18.3 Å².